The number of ether oxygens (including phenoxy) is 1. The molecule has 0 bridgehead atoms. The van der Waals surface area contributed by atoms with Gasteiger partial charge in [0.2, 0.25) is 5.91 Å². The highest BCUT2D eigenvalue weighted by Crippen LogP contribution is 2.65. The van der Waals surface area contributed by atoms with Gasteiger partial charge in [0.1, 0.15) is 0 Å². The van der Waals surface area contributed by atoms with E-state index in [1.54, 1.807) is 6.08 Å². The second-order valence-electron chi connectivity index (χ2n) is 8.91. The van der Waals surface area contributed by atoms with Crippen LogP contribution in [0.2, 0.25) is 0 Å². The number of carbonyl (C=O) groups is 2. The van der Waals surface area contributed by atoms with Crippen LogP contribution in [0, 0.1) is 34.5 Å². The molecular formula is C20H29NO3. The lowest BCUT2D eigenvalue weighted by atomic mass is 9.48. The first kappa shape index (κ1) is 16.2. The number of hydrogen-bond donors (Lipinski definition) is 1. The number of amides is 1. The molecule has 4 nitrogen and oxygen atoms in total. The van der Waals surface area contributed by atoms with Gasteiger partial charge in [-0.1, -0.05) is 19.9 Å². The minimum atomic E-state index is -0.0110. The quantitative estimate of drug-likeness (QED) is 0.751. The summed E-state index contributed by atoms with van der Waals surface area (Å²) in [6.07, 6.45) is 10.5. The van der Waals surface area contributed by atoms with E-state index in [1.165, 1.54) is 13.5 Å². The van der Waals surface area contributed by atoms with Gasteiger partial charge < -0.3 is 10.1 Å². The maximum absolute atomic E-state index is 12.3. The second-order valence-corrected chi connectivity index (χ2v) is 8.91. The van der Waals surface area contributed by atoms with E-state index in [0.29, 0.717) is 17.8 Å². The summed E-state index contributed by atoms with van der Waals surface area (Å²) in [7, 11) is 1.52. The van der Waals surface area contributed by atoms with Gasteiger partial charge in [-0.2, -0.15) is 0 Å². The molecule has 0 aromatic rings. The van der Waals surface area contributed by atoms with Gasteiger partial charge in [-0.3, -0.25) is 9.59 Å². The predicted octanol–water partition coefficient (Wildman–Crippen LogP) is 3.07. The van der Waals surface area contributed by atoms with Gasteiger partial charge in [-0.15, -0.1) is 0 Å². The van der Waals surface area contributed by atoms with E-state index in [4.69, 9.17) is 4.74 Å². The first-order valence-corrected chi connectivity index (χ1v) is 9.47. The van der Waals surface area contributed by atoms with E-state index >= 15 is 0 Å². The number of carbonyl (C=O) groups excluding carboxylic acids is 2. The van der Waals surface area contributed by atoms with Crippen molar-refractivity contribution in [2.75, 3.05) is 7.11 Å². The topological polar surface area (TPSA) is 55.4 Å². The number of nitrogens with one attached hydrogen (secondary N) is 1. The van der Waals surface area contributed by atoms with Crippen molar-refractivity contribution in [3.63, 3.8) is 0 Å². The van der Waals surface area contributed by atoms with Crippen LogP contribution in [0.4, 0.5) is 0 Å². The molecule has 3 saturated carbocycles. The van der Waals surface area contributed by atoms with Crippen LogP contribution in [0.15, 0.2) is 12.2 Å². The minimum Gasteiger partial charge on any atom is -0.469 e. The first-order valence-electron chi connectivity index (χ1n) is 9.47. The molecule has 1 heterocycles. The molecule has 0 aromatic carbocycles. The highest BCUT2D eigenvalue weighted by atomic mass is 16.5. The van der Waals surface area contributed by atoms with Gasteiger partial charge in [-0.25, -0.2) is 0 Å². The van der Waals surface area contributed by atoms with Gasteiger partial charge in [0, 0.05) is 11.5 Å². The van der Waals surface area contributed by atoms with Crippen LogP contribution < -0.4 is 5.32 Å². The lowest BCUT2D eigenvalue weighted by Gasteiger charge is -2.58. The van der Waals surface area contributed by atoms with E-state index in [-0.39, 0.29) is 34.7 Å². The van der Waals surface area contributed by atoms with Crippen molar-refractivity contribution >= 4 is 11.9 Å². The van der Waals surface area contributed by atoms with Gasteiger partial charge in [0.05, 0.1) is 13.0 Å². The van der Waals surface area contributed by atoms with Crippen molar-refractivity contribution in [1.29, 1.82) is 0 Å². The van der Waals surface area contributed by atoms with Crippen LogP contribution in [0.5, 0.6) is 0 Å². The molecule has 3 aliphatic carbocycles. The van der Waals surface area contributed by atoms with E-state index in [1.807, 2.05) is 0 Å². The highest BCUT2D eigenvalue weighted by Gasteiger charge is 2.61. The molecule has 0 saturated heterocycles. The van der Waals surface area contributed by atoms with Crippen LogP contribution in [0.1, 0.15) is 52.4 Å². The SMILES string of the molecule is COC(=O)[C@@H]1CC[C@H]2[C@@H]3CC[C@H]4NC(=O)C=C[C@]4(C)C3CC[C@]12C. The monoisotopic (exact) mass is 331 g/mol. The van der Waals surface area contributed by atoms with Crippen LogP contribution in [0.25, 0.3) is 0 Å². The summed E-state index contributed by atoms with van der Waals surface area (Å²) in [5.74, 6) is 2.01. The number of esters is 1. The molecule has 132 valence electrons. The summed E-state index contributed by atoms with van der Waals surface area (Å²) in [6.45, 7) is 4.66. The van der Waals surface area contributed by atoms with Crippen LogP contribution in [0.3, 0.4) is 0 Å². The standard InChI is InChI=1S/C20H29NO3/c1-19-10-8-14-12(13(19)5-6-15(19)18(23)24-3)4-7-16-20(14,2)11-9-17(22)21-16/h9,11-16H,4-8,10H2,1-3H3,(H,21,22)/t12-,13-,14?,15-,16+,19-,20+/m0/s1. The summed E-state index contributed by atoms with van der Waals surface area (Å²) < 4.78 is 5.10. The third-order valence-electron chi connectivity index (χ3n) is 8.17. The molecule has 1 amide bonds. The number of hydrogen-bond acceptors (Lipinski definition) is 3. The average Bonchev–Trinajstić information content (AvgIpc) is 2.92. The molecular weight excluding hydrogens is 302 g/mol. The molecule has 1 N–H and O–H groups in total. The lowest BCUT2D eigenvalue weighted by Crippen LogP contribution is -2.59. The number of fused-ring (bicyclic) bond motifs is 5. The summed E-state index contributed by atoms with van der Waals surface area (Å²) >= 11 is 0. The molecule has 4 heteroatoms. The van der Waals surface area contributed by atoms with Crippen molar-refractivity contribution in [1.82, 2.24) is 5.32 Å². The van der Waals surface area contributed by atoms with Crippen LogP contribution in [-0.2, 0) is 14.3 Å². The molecule has 0 aromatic heterocycles. The van der Waals surface area contributed by atoms with Crippen molar-refractivity contribution < 1.29 is 14.3 Å². The normalized spacial score (nSPS) is 49.6. The molecule has 4 aliphatic rings. The molecule has 1 unspecified atom stereocenters. The van der Waals surface area contributed by atoms with E-state index < -0.39 is 0 Å². The zero-order chi connectivity index (χ0) is 17.1. The van der Waals surface area contributed by atoms with E-state index in [0.717, 1.165) is 32.1 Å². The van der Waals surface area contributed by atoms with E-state index in [9.17, 15) is 9.59 Å². The van der Waals surface area contributed by atoms with Crippen LogP contribution >= 0.6 is 0 Å². The highest BCUT2D eigenvalue weighted by molar-refractivity contribution is 5.89. The molecule has 0 spiro atoms. The van der Waals surface area contributed by atoms with Crippen molar-refractivity contribution in [2.45, 2.75) is 58.4 Å². The molecule has 3 fully saturated rings. The molecule has 0 radical (unpaired) electrons. The second kappa shape index (κ2) is 5.34. The van der Waals surface area contributed by atoms with Crippen molar-refractivity contribution in [3.05, 3.63) is 12.2 Å². The Morgan fingerprint density at radius 3 is 2.71 bits per heavy atom. The fourth-order valence-electron chi connectivity index (χ4n) is 6.86. The van der Waals surface area contributed by atoms with Crippen molar-refractivity contribution in [3.8, 4) is 0 Å². The Hall–Kier alpha value is -1.32. The molecule has 1 aliphatic heterocycles. The minimum absolute atomic E-state index is 0.0110. The fourth-order valence-corrected chi connectivity index (χ4v) is 6.86. The Kier molecular flexibility index (Phi) is 3.59. The lowest BCUT2D eigenvalue weighted by molar-refractivity contribution is -0.153. The summed E-state index contributed by atoms with van der Waals surface area (Å²) in [4.78, 5) is 24.0. The fraction of sp³-hybridized carbons (Fsp3) is 0.800. The third-order valence-corrected chi connectivity index (χ3v) is 8.17. The maximum Gasteiger partial charge on any atom is 0.309 e. The Morgan fingerprint density at radius 1 is 1.17 bits per heavy atom. The Balaban J connectivity index is 1.64. The Morgan fingerprint density at radius 2 is 1.96 bits per heavy atom. The van der Waals surface area contributed by atoms with Crippen LogP contribution in [-0.4, -0.2) is 25.0 Å². The largest absolute Gasteiger partial charge is 0.469 e. The number of methoxy groups -OCH3 is 1. The summed E-state index contributed by atoms with van der Waals surface area (Å²) in [5, 5.41) is 3.20. The smallest absolute Gasteiger partial charge is 0.309 e. The van der Waals surface area contributed by atoms with Gasteiger partial charge in [0.15, 0.2) is 0 Å². The van der Waals surface area contributed by atoms with Crippen molar-refractivity contribution in [2.24, 2.45) is 34.5 Å². The van der Waals surface area contributed by atoms with E-state index in [2.05, 4.69) is 25.2 Å². The first-order chi connectivity index (χ1) is 11.4. The summed E-state index contributed by atoms with van der Waals surface area (Å²) in [5.41, 5.74) is 0.167. The zero-order valence-electron chi connectivity index (χ0n) is 15.0. The zero-order valence-corrected chi connectivity index (χ0v) is 15.0. The predicted molar refractivity (Wildman–Crippen MR) is 91.0 cm³/mol. The number of rotatable bonds is 1. The average molecular weight is 331 g/mol. The van der Waals surface area contributed by atoms with Gasteiger partial charge in [-0.05, 0) is 67.8 Å². The third kappa shape index (κ3) is 2.04. The Labute approximate surface area is 144 Å². The molecule has 24 heavy (non-hydrogen) atoms. The van der Waals surface area contributed by atoms with Gasteiger partial charge in [0.25, 0.3) is 0 Å². The molecule has 7 atom stereocenters. The molecule has 4 rings (SSSR count). The Bertz CT molecular complexity index is 600. The van der Waals surface area contributed by atoms with Gasteiger partial charge >= 0.3 is 5.97 Å². The maximum atomic E-state index is 12.3. The summed E-state index contributed by atoms with van der Waals surface area (Å²) in [6, 6.07) is 0.276.